The highest BCUT2D eigenvalue weighted by Crippen LogP contribution is 2.25. The first-order valence-electron chi connectivity index (χ1n) is 6.14. The van der Waals surface area contributed by atoms with E-state index in [0.717, 1.165) is 17.7 Å². The minimum atomic E-state index is -0.0381. The number of ether oxygens (including phenoxy) is 1. The van der Waals surface area contributed by atoms with Gasteiger partial charge in [0.2, 0.25) is 0 Å². The van der Waals surface area contributed by atoms with Crippen LogP contribution < -0.4 is 10.5 Å². The van der Waals surface area contributed by atoms with E-state index in [1.54, 1.807) is 7.11 Å². The minimum Gasteiger partial charge on any atom is -0.496 e. The van der Waals surface area contributed by atoms with Gasteiger partial charge in [0, 0.05) is 11.6 Å². The van der Waals surface area contributed by atoms with Crippen molar-refractivity contribution in [3.8, 4) is 5.75 Å². The number of rotatable bonds is 4. The van der Waals surface area contributed by atoms with Crippen molar-refractivity contribution in [1.82, 2.24) is 0 Å². The molecule has 0 aliphatic rings. The van der Waals surface area contributed by atoms with Crippen molar-refractivity contribution < 1.29 is 4.74 Å². The molecule has 0 saturated heterocycles. The molecule has 2 rings (SSSR count). The Morgan fingerprint density at radius 1 is 1.06 bits per heavy atom. The lowest BCUT2D eigenvalue weighted by atomic mass is 9.98. The molecule has 94 valence electrons. The summed E-state index contributed by atoms with van der Waals surface area (Å²) in [5.74, 6) is 0.858. The summed E-state index contributed by atoms with van der Waals surface area (Å²) in [4.78, 5) is 0. The summed E-state index contributed by atoms with van der Waals surface area (Å²) in [6.45, 7) is 2.09. The van der Waals surface area contributed by atoms with Crippen LogP contribution in [0.5, 0.6) is 5.75 Å². The molecule has 2 nitrogen and oxygen atoms in total. The van der Waals surface area contributed by atoms with Gasteiger partial charge >= 0.3 is 0 Å². The van der Waals surface area contributed by atoms with E-state index in [1.165, 1.54) is 11.1 Å². The molecule has 0 heterocycles. The minimum absolute atomic E-state index is 0.0381. The zero-order valence-corrected chi connectivity index (χ0v) is 10.9. The fourth-order valence-electron chi connectivity index (χ4n) is 2.06. The molecule has 18 heavy (non-hydrogen) atoms. The predicted molar refractivity (Wildman–Crippen MR) is 74.8 cm³/mol. The van der Waals surface area contributed by atoms with Gasteiger partial charge in [-0.05, 0) is 25.0 Å². The molecule has 2 heteroatoms. The second kappa shape index (κ2) is 5.69. The number of benzene rings is 2. The molecule has 0 aliphatic heterocycles. The van der Waals surface area contributed by atoms with Crippen molar-refractivity contribution in [2.24, 2.45) is 5.73 Å². The summed E-state index contributed by atoms with van der Waals surface area (Å²) in [6, 6.07) is 16.4. The third-order valence-electron chi connectivity index (χ3n) is 3.11. The summed E-state index contributed by atoms with van der Waals surface area (Å²) in [5.41, 5.74) is 9.83. The summed E-state index contributed by atoms with van der Waals surface area (Å²) >= 11 is 0. The third kappa shape index (κ3) is 2.90. The fraction of sp³-hybridized carbons (Fsp3) is 0.250. The molecule has 0 fully saturated rings. The van der Waals surface area contributed by atoms with Crippen LogP contribution in [0.25, 0.3) is 0 Å². The Kier molecular flexibility index (Phi) is 4.00. The largest absolute Gasteiger partial charge is 0.496 e. The Morgan fingerprint density at radius 2 is 1.72 bits per heavy atom. The monoisotopic (exact) mass is 241 g/mol. The van der Waals surface area contributed by atoms with Crippen LogP contribution in [0.3, 0.4) is 0 Å². The van der Waals surface area contributed by atoms with Gasteiger partial charge in [0.1, 0.15) is 5.75 Å². The highest BCUT2D eigenvalue weighted by Gasteiger charge is 2.11. The van der Waals surface area contributed by atoms with E-state index >= 15 is 0 Å². The smallest absolute Gasteiger partial charge is 0.123 e. The number of hydrogen-bond acceptors (Lipinski definition) is 2. The van der Waals surface area contributed by atoms with Gasteiger partial charge < -0.3 is 10.5 Å². The molecule has 0 spiro atoms. The standard InChI is InChI=1S/C16H19NO/c1-12-7-9-13(10-8-12)11-15(17)14-5-3-4-6-16(14)18-2/h3-10,15H,11,17H2,1-2H3. The highest BCUT2D eigenvalue weighted by atomic mass is 16.5. The molecule has 0 radical (unpaired) electrons. The lowest BCUT2D eigenvalue weighted by Crippen LogP contribution is -2.14. The van der Waals surface area contributed by atoms with E-state index < -0.39 is 0 Å². The molecule has 2 N–H and O–H groups in total. The first-order chi connectivity index (χ1) is 8.70. The fourth-order valence-corrected chi connectivity index (χ4v) is 2.06. The highest BCUT2D eigenvalue weighted by molar-refractivity contribution is 5.36. The van der Waals surface area contributed by atoms with E-state index in [0.29, 0.717) is 0 Å². The molecule has 0 bridgehead atoms. The number of hydrogen-bond donors (Lipinski definition) is 1. The molecule has 2 aromatic rings. The van der Waals surface area contributed by atoms with Crippen molar-refractivity contribution in [3.63, 3.8) is 0 Å². The molecule has 2 aromatic carbocycles. The molecule has 1 unspecified atom stereocenters. The van der Waals surface area contributed by atoms with Gasteiger partial charge in [-0.1, -0.05) is 48.0 Å². The van der Waals surface area contributed by atoms with Gasteiger partial charge in [0.05, 0.1) is 7.11 Å². The molecular weight excluding hydrogens is 222 g/mol. The Morgan fingerprint density at radius 3 is 2.39 bits per heavy atom. The van der Waals surface area contributed by atoms with Crippen molar-refractivity contribution >= 4 is 0 Å². The number of nitrogens with two attached hydrogens (primary N) is 1. The van der Waals surface area contributed by atoms with Crippen LogP contribution >= 0.6 is 0 Å². The Bertz CT molecular complexity index is 505. The van der Waals surface area contributed by atoms with Crippen LogP contribution in [-0.4, -0.2) is 7.11 Å². The van der Waals surface area contributed by atoms with Gasteiger partial charge in [-0.2, -0.15) is 0 Å². The van der Waals surface area contributed by atoms with Crippen molar-refractivity contribution in [2.45, 2.75) is 19.4 Å². The van der Waals surface area contributed by atoms with Crippen LogP contribution in [0, 0.1) is 6.92 Å². The average Bonchev–Trinajstić information content (AvgIpc) is 2.41. The molecule has 0 aliphatic carbocycles. The quantitative estimate of drug-likeness (QED) is 0.891. The van der Waals surface area contributed by atoms with E-state index in [1.807, 2.05) is 24.3 Å². The van der Waals surface area contributed by atoms with Crippen LogP contribution in [0.4, 0.5) is 0 Å². The maximum absolute atomic E-state index is 6.26. The third-order valence-corrected chi connectivity index (χ3v) is 3.11. The maximum atomic E-state index is 6.26. The molecule has 1 atom stereocenters. The van der Waals surface area contributed by atoms with Crippen LogP contribution in [0.15, 0.2) is 48.5 Å². The lowest BCUT2D eigenvalue weighted by molar-refractivity contribution is 0.405. The van der Waals surface area contributed by atoms with Gasteiger partial charge in [0.25, 0.3) is 0 Å². The van der Waals surface area contributed by atoms with Crippen molar-refractivity contribution in [3.05, 3.63) is 65.2 Å². The SMILES string of the molecule is COc1ccccc1C(N)Cc1ccc(C)cc1. The maximum Gasteiger partial charge on any atom is 0.123 e. The Hall–Kier alpha value is -1.80. The second-order valence-electron chi connectivity index (χ2n) is 4.54. The predicted octanol–water partition coefficient (Wildman–Crippen LogP) is 3.25. The number of aryl methyl sites for hydroxylation is 1. The van der Waals surface area contributed by atoms with Crippen molar-refractivity contribution in [1.29, 1.82) is 0 Å². The average molecular weight is 241 g/mol. The van der Waals surface area contributed by atoms with Gasteiger partial charge in [-0.25, -0.2) is 0 Å². The van der Waals surface area contributed by atoms with E-state index in [-0.39, 0.29) is 6.04 Å². The summed E-state index contributed by atoms with van der Waals surface area (Å²) in [6.07, 6.45) is 0.820. The van der Waals surface area contributed by atoms with Crippen LogP contribution in [0.1, 0.15) is 22.7 Å². The zero-order chi connectivity index (χ0) is 13.0. The van der Waals surface area contributed by atoms with E-state index in [2.05, 4.69) is 31.2 Å². The normalized spacial score (nSPS) is 12.2. The van der Waals surface area contributed by atoms with Gasteiger partial charge in [0.15, 0.2) is 0 Å². The number of methoxy groups -OCH3 is 1. The molecule has 0 aromatic heterocycles. The van der Waals surface area contributed by atoms with E-state index in [9.17, 15) is 0 Å². The number of para-hydroxylation sites is 1. The molecule has 0 saturated carbocycles. The zero-order valence-electron chi connectivity index (χ0n) is 10.9. The topological polar surface area (TPSA) is 35.2 Å². The lowest BCUT2D eigenvalue weighted by Gasteiger charge is -2.15. The van der Waals surface area contributed by atoms with Crippen LogP contribution in [-0.2, 0) is 6.42 Å². The Balaban J connectivity index is 2.16. The molecular formula is C16H19NO. The molecule has 0 amide bonds. The first kappa shape index (κ1) is 12.7. The van der Waals surface area contributed by atoms with Gasteiger partial charge in [-0.15, -0.1) is 0 Å². The van der Waals surface area contributed by atoms with Crippen LogP contribution in [0.2, 0.25) is 0 Å². The summed E-state index contributed by atoms with van der Waals surface area (Å²) in [7, 11) is 1.68. The van der Waals surface area contributed by atoms with Gasteiger partial charge in [-0.3, -0.25) is 0 Å². The summed E-state index contributed by atoms with van der Waals surface area (Å²) in [5, 5.41) is 0. The summed E-state index contributed by atoms with van der Waals surface area (Å²) < 4.78 is 5.34. The van der Waals surface area contributed by atoms with E-state index in [4.69, 9.17) is 10.5 Å². The first-order valence-corrected chi connectivity index (χ1v) is 6.14. The van der Waals surface area contributed by atoms with Crippen molar-refractivity contribution in [2.75, 3.05) is 7.11 Å². The second-order valence-corrected chi connectivity index (χ2v) is 4.54. The Labute approximate surface area is 108 Å².